The Labute approximate surface area is 288 Å². The molecule has 11 nitrogen and oxygen atoms in total. The van der Waals surface area contributed by atoms with E-state index in [-0.39, 0.29) is 11.1 Å². The van der Waals surface area contributed by atoms with Gasteiger partial charge in [-0.25, -0.2) is 14.6 Å². The van der Waals surface area contributed by atoms with Gasteiger partial charge in [0.15, 0.2) is 31.2 Å². The van der Waals surface area contributed by atoms with Gasteiger partial charge in [0.05, 0.1) is 35.2 Å². The van der Waals surface area contributed by atoms with Crippen LogP contribution >= 0.6 is 11.3 Å². The van der Waals surface area contributed by atoms with Crippen molar-refractivity contribution in [1.82, 2.24) is 29.8 Å². The number of nitrogen functional groups attached to an aromatic ring is 1. The van der Waals surface area contributed by atoms with Gasteiger partial charge in [0.2, 0.25) is 0 Å². The van der Waals surface area contributed by atoms with E-state index in [1.54, 1.807) is 11.3 Å². The summed E-state index contributed by atoms with van der Waals surface area (Å²) in [6.07, 6.45) is 9.77. The van der Waals surface area contributed by atoms with E-state index in [4.69, 9.17) is 34.9 Å². The van der Waals surface area contributed by atoms with Crippen molar-refractivity contribution in [2.75, 3.05) is 37.8 Å². The van der Waals surface area contributed by atoms with Crippen LogP contribution in [0.5, 0.6) is 0 Å². The fraction of sp³-hybridized carbons (Fsp3) is 0.629. The van der Waals surface area contributed by atoms with Gasteiger partial charge in [-0.2, -0.15) is 10.4 Å². The van der Waals surface area contributed by atoms with Crippen molar-refractivity contribution in [3.05, 3.63) is 33.5 Å². The number of aryl methyl sites for hydroxylation is 1. The molecule has 3 N–H and O–H groups in total. The lowest BCUT2D eigenvalue weighted by Crippen LogP contribution is -2.41. The second-order valence-electron chi connectivity index (χ2n) is 15.6. The summed E-state index contributed by atoms with van der Waals surface area (Å²) in [6.45, 7) is 15.9. The Kier molecular flexibility index (Phi) is 8.46. The smallest absolute Gasteiger partial charge is 0.192 e. The number of nitrogens with two attached hydrogens (primary N) is 1. The third kappa shape index (κ3) is 5.36. The van der Waals surface area contributed by atoms with Crippen LogP contribution in [0.1, 0.15) is 99.6 Å². The van der Waals surface area contributed by atoms with E-state index in [0.29, 0.717) is 41.3 Å². The molecule has 0 radical (unpaired) electrons. The van der Waals surface area contributed by atoms with Crippen LogP contribution in [0.25, 0.3) is 22.6 Å². The molecule has 48 heavy (non-hydrogen) atoms. The first-order valence-corrected chi connectivity index (χ1v) is 21.2. The van der Waals surface area contributed by atoms with E-state index in [2.05, 4.69) is 68.8 Å². The first kappa shape index (κ1) is 33.2. The van der Waals surface area contributed by atoms with Crippen molar-refractivity contribution in [1.29, 1.82) is 5.26 Å². The fourth-order valence-corrected chi connectivity index (χ4v) is 10.3. The van der Waals surface area contributed by atoms with Crippen molar-refractivity contribution >= 4 is 41.5 Å². The Morgan fingerprint density at radius 2 is 2.00 bits per heavy atom. The number of fused-ring (bicyclic) bond motifs is 5. The van der Waals surface area contributed by atoms with Crippen LogP contribution < -0.4 is 11.1 Å². The molecule has 2 aliphatic carbocycles. The maximum atomic E-state index is 10.1. The summed E-state index contributed by atoms with van der Waals surface area (Å²) in [6, 6.07) is 2.94. The Balaban J connectivity index is 1.30. The number of likely N-dealkylation sites (tertiary alicyclic amines) is 1. The topological polar surface area (TPSA) is 144 Å². The number of rotatable bonds is 8. The predicted octanol–water partition coefficient (Wildman–Crippen LogP) is 7.04. The number of aromatic nitrogens is 5. The summed E-state index contributed by atoms with van der Waals surface area (Å²) in [5.41, 5.74) is 10.2. The van der Waals surface area contributed by atoms with Crippen molar-refractivity contribution < 1.29 is 8.95 Å². The molecule has 1 saturated heterocycles. The van der Waals surface area contributed by atoms with Gasteiger partial charge in [-0.3, -0.25) is 0 Å². The van der Waals surface area contributed by atoms with Crippen LogP contribution in [-0.4, -0.2) is 70.9 Å². The second kappa shape index (κ2) is 12.2. The van der Waals surface area contributed by atoms with E-state index < -0.39 is 13.7 Å². The van der Waals surface area contributed by atoms with Gasteiger partial charge >= 0.3 is 0 Å². The van der Waals surface area contributed by atoms with E-state index in [9.17, 15) is 5.26 Å². The highest BCUT2D eigenvalue weighted by Gasteiger charge is 2.49. The van der Waals surface area contributed by atoms with Crippen molar-refractivity contribution in [2.24, 2.45) is 0 Å². The Morgan fingerprint density at radius 3 is 2.71 bits per heavy atom. The Hall–Kier alpha value is -3.31. The number of anilines is 2. The van der Waals surface area contributed by atoms with Crippen molar-refractivity contribution in [3.8, 4) is 17.6 Å². The average Bonchev–Trinajstić information content (AvgIpc) is 3.83. The summed E-state index contributed by atoms with van der Waals surface area (Å²) in [5.74, 6) is 2.12. The van der Waals surface area contributed by atoms with E-state index in [0.717, 1.165) is 85.2 Å². The molecule has 5 heterocycles. The van der Waals surface area contributed by atoms with Gasteiger partial charge < -0.3 is 24.9 Å². The number of likely N-dealkylation sites (N-methyl/N-ethyl adjacent to an activating group) is 1. The van der Waals surface area contributed by atoms with E-state index in [1.807, 2.05) is 6.20 Å². The number of hydrogen-bond acceptors (Lipinski definition) is 11. The summed E-state index contributed by atoms with van der Waals surface area (Å²) >= 11 is 1.56. The Morgan fingerprint density at radius 1 is 1.23 bits per heavy atom. The van der Waals surface area contributed by atoms with E-state index in [1.165, 1.54) is 11.3 Å². The molecule has 3 aliphatic rings. The zero-order chi connectivity index (χ0) is 34.0. The minimum atomic E-state index is -1.89. The second-order valence-corrected chi connectivity index (χ2v) is 21.5. The van der Waals surface area contributed by atoms with Crippen molar-refractivity contribution in [2.45, 2.75) is 115 Å². The number of hydrogen-bond donors (Lipinski definition) is 2. The van der Waals surface area contributed by atoms with E-state index >= 15 is 0 Å². The SMILES string of the molecule is C[C@@H]([C@@H]1CCCN1C)n1ncc2c(NCCO[Si](C)(C)C(C)(C)C)nc(-c3noc4c3CCC[C@@]43CCCc4sc(N)c(C#N)c43)nc21. The molecule has 13 heteroatoms. The normalized spacial score (nSPS) is 22.2. The van der Waals surface area contributed by atoms with Crippen molar-refractivity contribution in [3.63, 3.8) is 0 Å². The number of nitriles is 1. The van der Waals surface area contributed by atoms with Gasteiger partial charge in [0, 0.05) is 23.0 Å². The van der Waals surface area contributed by atoms with Gasteiger partial charge in [-0.1, -0.05) is 25.9 Å². The van der Waals surface area contributed by atoms with Gasteiger partial charge in [-0.05, 0) is 95.6 Å². The molecule has 0 aromatic carbocycles. The molecule has 256 valence electrons. The molecule has 0 amide bonds. The largest absolute Gasteiger partial charge is 0.415 e. The quantitative estimate of drug-likeness (QED) is 0.146. The summed E-state index contributed by atoms with van der Waals surface area (Å²) < 4.78 is 14.9. The van der Waals surface area contributed by atoms with Crippen LogP contribution in [0, 0.1) is 11.3 Å². The molecule has 1 fully saturated rings. The maximum absolute atomic E-state index is 10.1. The average molecular weight is 688 g/mol. The molecule has 0 bridgehead atoms. The zero-order valence-electron chi connectivity index (χ0n) is 29.4. The molecule has 3 atom stereocenters. The molecule has 4 aromatic rings. The summed E-state index contributed by atoms with van der Waals surface area (Å²) in [5, 5.41) is 25.0. The third-order valence-corrected chi connectivity index (χ3v) is 17.3. The molecule has 4 aromatic heterocycles. The molecular weight excluding hydrogens is 639 g/mol. The minimum Gasteiger partial charge on any atom is -0.415 e. The van der Waals surface area contributed by atoms with Crippen LogP contribution in [0.3, 0.4) is 0 Å². The minimum absolute atomic E-state index is 0.135. The molecule has 0 unspecified atom stereocenters. The number of nitrogens with zero attached hydrogens (tertiary/aromatic N) is 7. The lowest BCUT2D eigenvalue weighted by molar-refractivity contribution is 0.232. The predicted molar refractivity (Wildman–Crippen MR) is 193 cm³/mol. The van der Waals surface area contributed by atoms with Gasteiger partial charge in [-0.15, -0.1) is 11.3 Å². The third-order valence-electron chi connectivity index (χ3n) is 11.7. The molecule has 1 aliphatic heterocycles. The van der Waals surface area contributed by atoms with Crippen LogP contribution in [0.2, 0.25) is 18.1 Å². The van der Waals surface area contributed by atoms with Gasteiger partial charge in [0.1, 0.15) is 16.9 Å². The first-order valence-electron chi connectivity index (χ1n) is 17.5. The first-order chi connectivity index (χ1) is 22.9. The van der Waals surface area contributed by atoms with Crippen LogP contribution in [-0.2, 0) is 22.7 Å². The highest BCUT2D eigenvalue weighted by molar-refractivity contribution is 7.16. The molecule has 7 rings (SSSR count). The lowest BCUT2D eigenvalue weighted by Gasteiger charge is -2.39. The highest BCUT2D eigenvalue weighted by Crippen LogP contribution is 2.55. The lowest BCUT2D eigenvalue weighted by atomic mass is 9.63. The summed E-state index contributed by atoms with van der Waals surface area (Å²) in [4.78, 5) is 13.9. The van der Waals surface area contributed by atoms with Crippen LogP contribution in [0.4, 0.5) is 10.8 Å². The maximum Gasteiger partial charge on any atom is 0.192 e. The zero-order valence-corrected chi connectivity index (χ0v) is 31.3. The van der Waals surface area contributed by atoms with Gasteiger partial charge in [0.25, 0.3) is 0 Å². The summed E-state index contributed by atoms with van der Waals surface area (Å²) in [7, 11) is 0.303. The monoisotopic (exact) mass is 687 g/mol. The molecule has 0 saturated carbocycles. The number of thiophene rings is 1. The van der Waals surface area contributed by atoms with Crippen LogP contribution in [0.15, 0.2) is 10.7 Å². The Bertz CT molecular complexity index is 1880. The standard InChI is InChI=1S/C35H49N9O2SSi/c1-21(25-12-10-17-43(25)5)44-33-24(20-39-44)31(38-16-18-45-48(6,7)34(2,3)4)40-32(41-33)28-22-11-8-14-35(29(22)46-42-28)15-9-13-26-27(35)23(19-36)30(37)47-26/h20-21,25H,8-18,37H2,1-7H3,(H,38,40,41)/t21-,25-,35-/m0/s1. The fourth-order valence-electron chi connectivity index (χ4n) is 8.08. The molecular formula is C35H49N9O2SSi. The number of nitrogens with one attached hydrogen (secondary N) is 1. The molecule has 1 spiro atoms. The highest BCUT2D eigenvalue weighted by atomic mass is 32.1.